The molecule has 0 aromatic heterocycles. The highest BCUT2D eigenvalue weighted by Gasteiger charge is 2.18. The summed E-state index contributed by atoms with van der Waals surface area (Å²) in [4.78, 5) is 17.5. The molecule has 5 nitrogen and oxygen atoms in total. The highest BCUT2D eigenvalue weighted by Crippen LogP contribution is 1.94. The molecule has 1 amide bonds. The Labute approximate surface area is 84.6 Å². The van der Waals surface area contributed by atoms with Crippen LogP contribution in [0.3, 0.4) is 0 Å². The maximum Gasteiger partial charge on any atom is 0.239 e. The number of piperazine rings is 1. The first-order chi connectivity index (χ1) is 6.77. The van der Waals surface area contributed by atoms with Gasteiger partial charge in [0.1, 0.15) is 0 Å². The minimum absolute atomic E-state index is 0.0676. The summed E-state index contributed by atoms with van der Waals surface area (Å²) in [7, 11) is 0. The zero-order chi connectivity index (χ0) is 10.4. The standard InChI is InChI=1S/C9H18N4O/c1-3-10-9(11-4-2)13-6-5-12-8(14)7-13/h3-7H2,1-2H3,(H,10,11)(H,12,14). The third kappa shape index (κ3) is 2.90. The van der Waals surface area contributed by atoms with Gasteiger partial charge >= 0.3 is 0 Å². The lowest BCUT2D eigenvalue weighted by Crippen LogP contribution is -2.53. The highest BCUT2D eigenvalue weighted by molar-refractivity contribution is 5.87. The molecule has 2 N–H and O–H groups in total. The van der Waals surface area contributed by atoms with E-state index in [0.29, 0.717) is 13.1 Å². The summed E-state index contributed by atoms with van der Waals surface area (Å²) in [5, 5.41) is 5.96. The lowest BCUT2D eigenvalue weighted by molar-refractivity contribution is -0.122. The molecule has 0 spiro atoms. The smallest absolute Gasteiger partial charge is 0.239 e. The van der Waals surface area contributed by atoms with Crippen molar-refractivity contribution in [1.82, 2.24) is 15.5 Å². The molecule has 0 aliphatic carbocycles. The molecule has 1 fully saturated rings. The van der Waals surface area contributed by atoms with Gasteiger partial charge in [0.15, 0.2) is 5.96 Å². The van der Waals surface area contributed by atoms with E-state index in [0.717, 1.165) is 25.6 Å². The molecule has 5 heteroatoms. The van der Waals surface area contributed by atoms with Crippen molar-refractivity contribution in [3.63, 3.8) is 0 Å². The van der Waals surface area contributed by atoms with Crippen LogP contribution in [-0.4, -0.2) is 49.5 Å². The van der Waals surface area contributed by atoms with Gasteiger partial charge in [0.05, 0.1) is 6.54 Å². The van der Waals surface area contributed by atoms with Crippen molar-refractivity contribution < 1.29 is 4.79 Å². The summed E-state index contributed by atoms with van der Waals surface area (Å²) < 4.78 is 0. The molecule has 0 bridgehead atoms. The molecule has 1 heterocycles. The first kappa shape index (κ1) is 10.8. The minimum atomic E-state index is 0.0676. The summed E-state index contributed by atoms with van der Waals surface area (Å²) in [5.74, 6) is 0.905. The summed E-state index contributed by atoms with van der Waals surface area (Å²) in [6, 6.07) is 0. The van der Waals surface area contributed by atoms with Crippen molar-refractivity contribution >= 4 is 11.9 Å². The molecule has 14 heavy (non-hydrogen) atoms. The fourth-order valence-corrected chi connectivity index (χ4v) is 1.39. The lowest BCUT2D eigenvalue weighted by atomic mass is 10.4. The summed E-state index contributed by atoms with van der Waals surface area (Å²) in [6.45, 7) is 7.52. The Balaban J connectivity index is 2.57. The molecule has 1 saturated heterocycles. The van der Waals surface area contributed by atoms with E-state index in [2.05, 4.69) is 15.6 Å². The van der Waals surface area contributed by atoms with Crippen molar-refractivity contribution in [2.24, 2.45) is 4.99 Å². The average Bonchev–Trinajstić information content (AvgIpc) is 2.17. The van der Waals surface area contributed by atoms with Crippen LogP contribution < -0.4 is 10.6 Å². The van der Waals surface area contributed by atoms with Gasteiger partial charge in [-0.1, -0.05) is 0 Å². The topological polar surface area (TPSA) is 56.7 Å². The Bertz CT molecular complexity index is 227. The number of aliphatic imine (C=N–C) groups is 1. The number of carbonyl (C=O) groups excluding carboxylic acids is 1. The van der Waals surface area contributed by atoms with Gasteiger partial charge < -0.3 is 15.5 Å². The summed E-state index contributed by atoms with van der Waals surface area (Å²) >= 11 is 0. The van der Waals surface area contributed by atoms with Gasteiger partial charge in [0, 0.05) is 26.2 Å². The van der Waals surface area contributed by atoms with Crippen molar-refractivity contribution in [3.8, 4) is 0 Å². The van der Waals surface area contributed by atoms with Crippen LogP contribution in [0.1, 0.15) is 13.8 Å². The zero-order valence-electron chi connectivity index (χ0n) is 8.84. The predicted molar refractivity (Wildman–Crippen MR) is 56.2 cm³/mol. The average molecular weight is 198 g/mol. The van der Waals surface area contributed by atoms with Crippen molar-refractivity contribution in [3.05, 3.63) is 0 Å². The van der Waals surface area contributed by atoms with E-state index < -0.39 is 0 Å². The zero-order valence-corrected chi connectivity index (χ0v) is 8.84. The van der Waals surface area contributed by atoms with Crippen LogP contribution in [0.5, 0.6) is 0 Å². The maximum absolute atomic E-state index is 11.2. The third-order valence-corrected chi connectivity index (χ3v) is 1.98. The fraction of sp³-hybridized carbons (Fsp3) is 0.778. The number of nitrogens with one attached hydrogen (secondary N) is 2. The number of rotatable bonds is 2. The predicted octanol–water partition coefficient (Wildman–Crippen LogP) is -0.596. The van der Waals surface area contributed by atoms with E-state index in [4.69, 9.17) is 0 Å². The largest absolute Gasteiger partial charge is 0.357 e. The molecule has 80 valence electrons. The van der Waals surface area contributed by atoms with E-state index in [9.17, 15) is 4.79 Å². The molecule has 0 radical (unpaired) electrons. The number of hydrogen-bond donors (Lipinski definition) is 2. The van der Waals surface area contributed by atoms with E-state index in [-0.39, 0.29) is 5.91 Å². The molecule has 0 aromatic rings. The molecule has 1 rings (SSSR count). The number of nitrogens with zero attached hydrogens (tertiary/aromatic N) is 2. The quantitative estimate of drug-likeness (QED) is 0.460. The SMILES string of the molecule is CCN=C(NCC)N1CCNC(=O)C1. The van der Waals surface area contributed by atoms with Gasteiger partial charge in [0.25, 0.3) is 0 Å². The Hall–Kier alpha value is -1.26. The molecule has 1 aliphatic rings. The lowest BCUT2D eigenvalue weighted by Gasteiger charge is -2.29. The van der Waals surface area contributed by atoms with Gasteiger partial charge in [-0.3, -0.25) is 9.79 Å². The van der Waals surface area contributed by atoms with E-state index in [1.165, 1.54) is 0 Å². The Kier molecular flexibility index (Phi) is 4.22. The second-order valence-corrected chi connectivity index (χ2v) is 3.10. The van der Waals surface area contributed by atoms with Crippen LogP contribution in [0.2, 0.25) is 0 Å². The van der Waals surface area contributed by atoms with Crippen LogP contribution >= 0.6 is 0 Å². The molecule has 1 aliphatic heterocycles. The van der Waals surface area contributed by atoms with Gasteiger partial charge in [-0.05, 0) is 13.8 Å². The van der Waals surface area contributed by atoms with E-state index in [1.807, 2.05) is 18.7 Å². The van der Waals surface area contributed by atoms with Crippen LogP contribution in [0.15, 0.2) is 4.99 Å². The monoisotopic (exact) mass is 198 g/mol. The van der Waals surface area contributed by atoms with Crippen molar-refractivity contribution in [2.75, 3.05) is 32.7 Å². The minimum Gasteiger partial charge on any atom is -0.357 e. The van der Waals surface area contributed by atoms with Crippen LogP contribution in [0, 0.1) is 0 Å². The molecule has 0 saturated carbocycles. The first-order valence-electron chi connectivity index (χ1n) is 5.07. The van der Waals surface area contributed by atoms with Gasteiger partial charge in [-0.15, -0.1) is 0 Å². The molecular formula is C9H18N4O. The molecule has 0 unspecified atom stereocenters. The van der Waals surface area contributed by atoms with Gasteiger partial charge in [-0.25, -0.2) is 0 Å². The number of carbonyl (C=O) groups is 1. The van der Waals surface area contributed by atoms with Gasteiger partial charge in [-0.2, -0.15) is 0 Å². The Morgan fingerprint density at radius 1 is 1.64 bits per heavy atom. The highest BCUT2D eigenvalue weighted by atomic mass is 16.2. The normalized spacial score (nSPS) is 18.0. The van der Waals surface area contributed by atoms with Gasteiger partial charge in [0.2, 0.25) is 5.91 Å². The van der Waals surface area contributed by atoms with Crippen LogP contribution in [-0.2, 0) is 4.79 Å². The summed E-state index contributed by atoms with van der Waals surface area (Å²) in [5.41, 5.74) is 0. The van der Waals surface area contributed by atoms with E-state index in [1.54, 1.807) is 0 Å². The summed E-state index contributed by atoms with van der Waals surface area (Å²) in [6.07, 6.45) is 0. The van der Waals surface area contributed by atoms with Crippen LogP contribution in [0.4, 0.5) is 0 Å². The number of amides is 1. The second-order valence-electron chi connectivity index (χ2n) is 3.10. The third-order valence-electron chi connectivity index (χ3n) is 1.98. The van der Waals surface area contributed by atoms with Crippen molar-refractivity contribution in [1.29, 1.82) is 0 Å². The molecule has 0 aromatic carbocycles. The number of hydrogen-bond acceptors (Lipinski definition) is 2. The molecular weight excluding hydrogens is 180 g/mol. The first-order valence-corrected chi connectivity index (χ1v) is 5.07. The Morgan fingerprint density at radius 2 is 2.43 bits per heavy atom. The second kappa shape index (κ2) is 5.47. The van der Waals surface area contributed by atoms with Crippen LogP contribution in [0.25, 0.3) is 0 Å². The van der Waals surface area contributed by atoms with Crippen molar-refractivity contribution in [2.45, 2.75) is 13.8 Å². The maximum atomic E-state index is 11.2. The number of guanidine groups is 1. The van der Waals surface area contributed by atoms with E-state index >= 15 is 0 Å². The fourth-order valence-electron chi connectivity index (χ4n) is 1.39. The Morgan fingerprint density at radius 3 is 3.00 bits per heavy atom. The molecule has 0 atom stereocenters.